The van der Waals surface area contributed by atoms with Crippen LogP contribution in [0.3, 0.4) is 0 Å². The lowest BCUT2D eigenvalue weighted by Gasteiger charge is -2.30. The molecule has 6 amide bonds. The Bertz CT molecular complexity index is 915. The number of nitrogens with zero attached hydrogens (tertiary/aromatic N) is 2. The Balaban J connectivity index is 2.65. The number of hydrogen-bond donors (Lipinski definition) is 3. The Morgan fingerprint density at radius 1 is 1.03 bits per heavy atom. The number of alkyl carbamates (subject to hydrolysis) is 1. The van der Waals surface area contributed by atoms with Gasteiger partial charge in [-0.25, -0.2) is 14.6 Å². The second kappa shape index (κ2) is 13.3. The summed E-state index contributed by atoms with van der Waals surface area (Å²) in [4.78, 5) is 60.8. The number of primary amides is 1. The summed E-state index contributed by atoms with van der Waals surface area (Å²) in [5, 5.41) is 5.91. The number of allylic oxidation sites excluding steroid dienone is 3. The van der Waals surface area contributed by atoms with Crippen molar-refractivity contribution in [3.05, 3.63) is 60.2 Å². The van der Waals surface area contributed by atoms with Crippen molar-refractivity contribution < 1.29 is 28.7 Å². The SMILES string of the molecule is C/C=C/C=C/C(=O)N(C(N)=O)N(C)C(=O)[C@H](C)NC(=O)[C@H](C)NC(=O)OCc1ccccc1. The van der Waals surface area contributed by atoms with Gasteiger partial charge < -0.3 is 21.1 Å². The number of rotatable bonds is 8. The highest BCUT2D eigenvalue weighted by molar-refractivity contribution is 6.02. The number of carbonyl (C=O) groups is 5. The summed E-state index contributed by atoms with van der Waals surface area (Å²) in [5.74, 6) is -2.30. The van der Waals surface area contributed by atoms with Crippen molar-refractivity contribution in [3.8, 4) is 0 Å². The number of hydrogen-bond acceptors (Lipinski definition) is 6. The molecule has 33 heavy (non-hydrogen) atoms. The minimum absolute atomic E-state index is 0.0279. The lowest BCUT2D eigenvalue weighted by molar-refractivity contribution is -0.153. The minimum Gasteiger partial charge on any atom is -0.445 e. The van der Waals surface area contributed by atoms with Gasteiger partial charge in [-0.1, -0.05) is 48.6 Å². The van der Waals surface area contributed by atoms with Crippen molar-refractivity contribution in [1.29, 1.82) is 0 Å². The maximum atomic E-state index is 12.6. The number of nitrogens with one attached hydrogen (secondary N) is 2. The van der Waals surface area contributed by atoms with Crippen molar-refractivity contribution >= 4 is 29.8 Å². The van der Waals surface area contributed by atoms with Crippen molar-refractivity contribution in [2.45, 2.75) is 39.5 Å². The van der Waals surface area contributed by atoms with Crippen LogP contribution in [0.25, 0.3) is 0 Å². The Morgan fingerprint density at radius 2 is 1.67 bits per heavy atom. The Kier molecular flexibility index (Phi) is 10.8. The van der Waals surface area contributed by atoms with Crippen LogP contribution in [0.2, 0.25) is 0 Å². The van der Waals surface area contributed by atoms with Crippen molar-refractivity contribution in [2.75, 3.05) is 7.05 Å². The third-order valence-electron chi connectivity index (χ3n) is 4.25. The van der Waals surface area contributed by atoms with Crippen LogP contribution in [0, 0.1) is 0 Å². The molecule has 4 N–H and O–H groups in total. The molecular formula is C22H29N5O6. The van der Waals surface area contributed by atoms with E-state index >= 15 is 0 Å². The minimum atomic E-state index is -1.17. The molecule has 0 aliphatic rings. The molecule has 11 heteroatoms. The van der Waals surface area contributed by atoms with Gasteiger partial charge in [-0.05, 0) is 26.3 Å². The highest BCUT2D eigenvalue weighted by Gasteiger charge is 2.30. The van der Waals surface area contributed by atoms with Gasteiger partial charge in [-0.15, -0.1) is 0 Å². The lowest BCUT2D eigenvalue weighted by atomic mass is 10.2. The highest BCUT2D eigenvalue weighted by atomic mass is 16.5. The van der Waals surface area contributed by atoms with E-state index < -0.39 is 41.9 Å². The van der Waals surface area contributed by atoms with Crippen LogP contribution in [0.5, 0.6) is 0 Å². The molecule has 0 radical (unpaired) electrons. The summed E-state index contributed by atoms with van der Waals surface area (Å²) in [6.07, 6.45) is 4.85. The van der Waals surface area contributed by atoms with E-state index in [1.807, 2.05) is 6.07 Å². The zero-order valence-electron chi connectivity index (χ0n) is 19.0. The number of likely N-dealkylation sites (N-methyl/N-ethyl adjacent to an activating group) is 1. The van der Waals surface area contributed by atoms with Gasteiger partial charge in [0.2, 0.25) is 5.91 Å². The molecule has 0 heterocycles. The third kappa shape index (κ3) is 8.85. The zero-order valence-corrected chi connectivity index (χ0v) is 19.0. The molecule has 0 saturated carbocycles. The van der Waals surface area contributed by atoms with Gasteiger partial charge in [0.1, 0.15) is 18.7 Å². The quantitative estimate of drug-likeness (QED) is 0.302. The van der Waals surface area contributed by atoms with E-state index in [1.54, 1.807) is 43.3 Å². The summed E-state index contributed by atoms with van der Waals surface area (Å²) < 4.78 is 5.05. The number of imide groups is 1. The maximum absolute atomic E-state index is 12.6. The summed E-state index contributed by atoms with van der Waals surface area (Å²) in [6, 6.07) is 5.66. The van der Waals surface area contributed by atoms with Gasteiger partial charge in [0, 0.05) is 13.1 Å². The number of nitrogens with two attached hydrogens (primary N) is 1. The van der Waals surface area contributed by atoms with E-state index in [0.717, 1.165) is 11.6 Å². The summed E-state index contributed by atoms with van der Waals surface area (Å²) >= 11 is 0. The smallest absolute Gasteiger partial charge is 0.408 e. The van der Waals surface area contributed by atoms with Crippen LogP contribution >= 0.6 is 0 Å². The Morgan fingerprint density at radius 3 is 2.24 bits per heavy atom. The highest BCUT2D eigenvalue weighted by Crippen LogP contribution is 2.03. The van der Waals surface area contributed by atoms with Gasteiger partial charge >= 0.3 is 12.1 Å². The third-order valence-corrected chi connectivity index (χ3v) is 4.25. The van der Waals surface area contributed by atoms with Gasteiger partial charge in [-0.3, -0.25) is 14.4 Å². The van der Waals surface area contributed by atoms with Gasteiger partial charge in [0.05, 0.1) is 0 Å². The van der Waals surface area contributed by atoms with E-state index in [0.29, 0.717) is 10.0 Å². The standard InChI is InChI=1S/C22H29N5O6/c1-5-6-8-13-18(28)27(21(23)31)26(4)20(30)16(3)24-19(29)15(2)25-22(32)33-14-17-11-9-7-10-12-17/h5-13,15-16H,14H2,1-4H3,(H2,23,31)(H,24,29)(H,25,32)/b6-5+,13-8+/t15-,16-/m0/s1. The molecule has 1 rings (SSSR count). The molecule has 0 bridgehead atoms. The number of amides is 6. The molecule has 0 saturated heterocycles. The average Bonchev–Trinajstić information content (AvgIpc) is 2.77. The summed E-state index contributed by atoms with van der Waals surface area (Å²) in [7, 11) is 1.17. The van der Waals surface area contributed by atoms with E-state index in [4.69, 9.17) is 10.5 Å². The molecule has 1 aromatic rings. The van der Waals surface area contributed by atoms with Crippen LogP contribution in [0.4, 0.5) is 9.59 Å². The monoisotopic (exact) mass is 459 g/mol. The number of benzene rings is 1. The number of ether oxygens (including phenoxy) is 1. The normalized spacial score (nSPS) is 12.6. The zero-order chi connectivity index (χ0) is 25.0. The molecule has 0 spiro atoms. The molecule has 0 aliphatic heterocycles. The first kappa shape index (κ1) is 26.9. The number of carbonyl (C=O) groups excluding carboxylic acids is 5. The molecule has 0 unspecified atom stereocenters. The molecule has 178 valence electrons. The van der Waals surface area contributed by atoms with Crippen molar-refractivity contribution in [1.82, 2.24) is 20.7 Å². The van der Waals surface area contributed by atoms with Crippen molar-refractivity contribution in [3.63, 3.8) is 0 Å². The predicted molar refractivity (Wildman–Crippen MR) is 120 cm³/mol. The predicted octanol–water partition coefficient (Wildman–Crippen LogP) is 1.22. The fourth-order valence-corrected chi connectivity index (χ4v) is 2.51. The fraction of sp³-hybridized carbons (Fsp3) is 0.318. The molecule has 1 aromatic carbocycles. The van der Waals surface area contributed by atoms with Gasteiger partial charge in [0.25, 0.3) is 11.8 Å². The Hall–Kier alpha value is -4.15. The van der Waals surface area contributed by atoms with Crippen LogP contribution in [0.1, 0.15) is 26.3 Å². The van der Waals surface area contributed by atoms with Crippen LogP contribution in [-0.2, 0) is 25.7 Å². The lowest BCUT2D eigenvalue weighted by Crippen LogP contribution is -2.58. The molecule has 0 aliphatic carbocycles. The first-order chi connectivity index (χ1) is 15.6. The molecule has 2 atom stereocenters. The van der Waals surface area contributed by atoms with E-state index in [-0.39, 0.29) is 6.61 Å². The maximum Gasteiger partial charge on any atom is 0.408 e. The van der Waals surface area contributed by atoms with E-state index in [1.165, 1.54) is 27.0 Å². The summed E-state index contributed by atoms with van der Waals surface area (Å²) in [5.41, 5.74) is 6.01. The fourth-order valence-electron chi connectivity index (χ4n) is 2.51. The van der Waals surface area contributed by atoms with E-state index in [2.05, 4.69) is 10.6 Å². The topological polar surface area (TPSA) is 151 Å². The summed E-state index contributed by atoms with van der Waals surface area (Å²) in [6.45, 7) is 4.53. The number of urea groups is 1. The molecule has 0 fully saturated rings. The van der Waals surface area contributed by atoms with Crippen LogP contribution in [0.15, 0.2) is 54.6 Å². The second-order valence-electron chi connectivity index (χ2n) is 6.89. The number of hydrazine groups is 1. The molecular weight excluding hydrogens is 430 g/mol. The Labute approximate surface area is 192 Å². The molecule has 0 aromatic heterocycles. The van der Waals surface area contributed by atoms with Crippen LogP contribution < -0.4 is 16.4 Å². The second-order valence-corrected chi connectivity index (χ2v) is 6.89. The van der Waals surface area contributed by atoms with E-state index in [9.17, 15) is 24.0 Å². The van der Waals surface area contributed by atoms with Crippen LogP contribution in [-0.4, -0.2) is 59.0 Å². The average molecular weight is 460 g/mol. The first-order valence-electron chi connectivity index (χ1n) is 10.1. The van der Waals surface area contributed by atoms with Crippen molar-refractivity contribution in [2.24, 2.45) is 5.73 Å². The molecule has 11 nitrogen and oxygen atoms in total. The first-order valence-corrected chi connectivity index (χ1v) is 10.1. The largest absolute Gasteiger partial charge is 0.445 e. The van der Waals surface area contributed by atoms with Gasteiger partial charge in [0.15, 0.2) is 0 Å². The van der Waals surface area contributed by atoms with Gasteiger partial charge in [-0.2, -0.15) is 5.01 Å².